The summed E-state index contributed by atoms with van der Waals surface area (Å²) in [5.41, 5.74) is 2.15. The third-order valence-electron chi connectivity index (χ3n) is 22.0. The van der Waals surface area contributed by atoms with Gasteiger partial charge >= 0.3 is 5.97 Å². The van der Waals surface area contributed by atoms with Crippen LogP contribution in [-0.4, -0.2) is 192 Å². The quantitative estimate of drug-likeness (QED) is 0.262. The predicted octanol–water partition coefficient (Wildman–Crippen LogP) is 5.52. The van der Waals surface area contributed by atoms with Crippen LogP contribution in [0.15, 0.2) is 24.3 Å². The van der Waals surface area contributed by atoms with Crippen molar-refractivity contribution in [2.45, 2.75) is 314 Å². The number of carbonyl (C=O) groups is 2. The number of Topliss-reactive ketones (excluding diaryl/α,β-unsaturated/α-hetero) is 1. The predicted molar refractivity (Wildman–Crippen MR) is 277 cm³/mol. The molecule has 0 saturated carbocycles. The largest absolute Gasteiger partial charge is 0.459 e. The van der Waals surface area contributed by atoms with Crippen molar-refractivity contribution in [2.24, 2.45) is 23.7 Å². The Labute approximate surface area is 469 Å². The minimum atomic E-state index is -0.939. The van der Waals surface area contributed by atoms with Gasteiger partial charge in [-0.05, 0) is 73.8 Å². The highest BCUT2D eigenvalue weighted by Crippen LogP contribution is 2.58. The van der Waals surface area contributed by atoms with E-state index in [2.05, 4.69) is 40.9 Å². The summed E-state index contributed by atoms with van der Waals surface area (Å²) in [6, 6.07) is 0. The molecule has 16 aliphatic heterocycles. The van der Waals surface area contributed by atoms with Crippen LogP contribution in [-0.2, 0) is 80.6 Å². The number of fused-ring (bicyclic) bond motifs is 10. The monoisotopic (exact) mass is 1120 g/mol. The average Bonchev–Trinajstić information content (AvgIpc) is 4.36. The van der Waals surface area contributed by atoms with Crippen LogP contribution in [0.1, 0.15) is 150 Å². The molecule has 0 radical (unpaired) electrons. The maximum absolute atomic E-state index is 14.6. The van der Waals surface area contributed by atoms with Crippen molar-refractivity contribution in [3.63, 3.8) is 0 Å². The van der Waals surface area contributed by atoms with E-state index in [9.17, 15) is 19.8 Å². The third kappa shape index (κ3) is 9.51. The smallest absolute Gasteiger partial charge is 0.308 e. The zero-order chi connectivity index (χ0) is 54.7. The van der Waals surface area contributed by atoms with Crippen LogP contribution >= 0.6 is 0 Å². The second-order valence-electron chi connectivity index (χ2n) is 27.7. The van der Waals surface area contributed by atoms with E-state index in [-0.39, 0.29) is 159 Å². The maximum Gasteiger partial charge on any atom is 0.308 e. The number of aliphatic hydroxyl groups excluding tert-OH is 2. The van der Waals surface area contributed by atoms with Gasteiger partial charge in [0.15, 0.2) is 17.4 Å². The van der Waals surface area contributed by atoms with Crippen molar-refractivity contribution < 1.29 is 90.9 Å². The van der Waals surface area contributed by atoms with Crippen molar-refractivity contribution in [3.05, 3.63) is 24.3 Å². The van der Waals surface area contributed by atoms with Gasteiger partial charge in [-0.1, -0.05) is 40.9 Å². The Morgan fingerprint density at radius 3 is 2.05 bits per heavy atom. The van der Waals surface area contributed by atoms with E-state index in [0.717, 1.165) is 49.7 Å². The number of ketones is 1. The fraction of sp³-hybridized carbons (Fsp3) is 0.902. The van der Waals surface area contributed by atoms with Gasteiger partial charge in [0.1, 0.15) is 42.4 Å². The molecule has 16 aliphatic rings. The first kappa shape index (κ1) is 54.6. The molecule has 16 rings (SSSR count). The minimum absolute atomic E-state index is 0.0122. The van der Waals surface area contributed by atoms with E-state index in [1.807, 2.05) is 0 Å². The van der Waals surface area contributed by atoms with Crippen molar-refractivity contribution in [3.8, 4) is 0 Å². The van der Waals surface area contributed by atoms with Gasteiger partial charge in [-0.25, -0.2) is 0 Å². The Morgan fingerprint density at radius 1 is 0.525 bits per heavy atom. The molecule has 80 heavy (non-hydrogen) atoms. The highest BCUT2D eigenvalue weighted by atomic mass is 16.8. The lowest BCUT2D eigenvalue weighted by Crippen LogP contribution is -2.62. The Kier molecular flexibility index (Phi) is 14.0. The van der Waals surface area contributed by atoms with Crippen LogP contribution in [0, 0.1) is 23.7 Å². The van der Waals surface area contributed by atoms with Crippen LogP contribution in [0.5, 0.6) is 0 Å². The first-order valence-electron chi connectivity index (χ1n) is 31.2. The summed E-state index contributed by atoms with van der Waals surface area (Å²) in [6.07, 6.45) is 2.59. The summed E-state index contributed by atoms with van der Waals surface area (Å²) in [4.78, 5) is 27.0. The van der Waals surface area contributed by atoms with E-state index >= 15 is 0 Å². The second-order valence-corrected chi connectivity index (χ2v) is 27.7. The Morgan fingerprint density at radius 2 is 1.20 bits per heavy atom. The lowest BCUT2D eigenvalue weighted by molar-refractivity contribution is -0.371. The number of ether oxygens (including phenoxy) is 15. The van der Waals surface area contributed by atoms with Crippen LogP contribution in [0.25, 0.3) is 0 Å². The molecule has 3 spiro atoms. The molecule has 19 nitrogen and oxygen atoms in total. The average molecular weight is 1120 g/mol. The highest BCUT2D eigenvalue weighted by molar-refractivity contribution is 5.79. The zero-order valence-corrected chi connectivity index (χ0v) is 47.1. The van der Waals surface area contributed by atoms with Crippen LogP contribution < -0.4 is 0 Å². The molecule has 0 aromatic carbocycles. The number of hydrogen-bond acceptors (Lipinski definition) is 19. The molecule has 31 atom stereocenters. The van der Waals surface area contributed by atoms with Gasteiger partial charge in [0, 0.05) is 83.2 Å². The summed E-state index contributed by atoms with van der Waals surface area (Å²) in [5, 5.41) is 20.4. The standard InChI is InChI=1S/C61H86O19/c1-27-15-34-7-9-38-28(2)16-36(66-38)11-13-59-25-47-55(79-59)56-57(73-47)58(80-59)54-39(70-56)10-8-35(68-54)18-49(65)74-53-32(6)52-44(69-43(53)20-40(67-34)31(27)5)21-42-46(72-52)24-61(75-42)26-48-51(78-61)30(4)23-60(77-48)22-29(3)50-45(76-60)19-37(64)41(71-50)17-33(63)12-14-62/h27,29-30,32,34-48,50-58,62,64H,2,5,7-26H2,1,3-4,6H3/t27-,29+,30+,32+,34+,35-,36+,37-,38+,39+,40-,41-,42?,43+,44?,45+,46?,47-,48+,50+,51+,52?,53?,54?,55+,56+,57-,58+,59+,60-,61+/m1/s1. The van der Waals surface area contributed by atoms with Gasteiger partial charge in [-0.3, -0.25) is 9.59 Å². The molecule has 2 N–H and O–H groups in total. The SMILES string of the molecule is C=C1C[C@@H]2CC[C@@]34C[C@H]5O[C@@H]6[C@@H](O[C@H]7CC[C@H](CC(=O)OC8[C@@H](C)C9OC%10C[C@]%11(C[C@@H]%12O[C@]%13(C[C@H](C)[C@@H]%14O[C@H](CC(=O)CCO)[C@H](O)C[C@@H]%14O%13)C[C@H](C)[C@@H]%12O%11)OC%10CC9O[C@H]8C[C@H]8O[C@@H](CC[C@@H]1O2)C[C@@H](C)C8=C)OC7[C@@H]6O3)[C@H]5O4. The summed E-state index contributed by atoms with van der Waals surface area (Å²) in [7, 11) is 0. The number of hydrogen-bond donors (Lipinski definition) is 2. The van der Waals surface area contributed by atoms with Crippen molar-refractivity contribution >= 4 is 11.8 Å². The van der Waals surface area contributed by atoms with Gasteiger partial charge in [-0.15, -0.1) is 0 Å². The zero-order valence-electron chi connectivity index (χ0n) is 47.1. The summed E-state index contributed by atoms with van der Waals surface area (Å²) in [5.74, 6) is -3.05. The fourth-order valence-electron chi connectivity index (χ4n) is 18.3. The molecule has 19 heteroatoms. The van der Waals surface area contributed by atoms with Gasteiger partial charge < -0.3 is 81.3 Å². The number of rotatable bonds is 4. The molecule has 6 unspecified atom stereocenters. The van der Waals surface area contributed by atoms with Gasteiger partial charge in [-0.2, -0.15) is 0 Å². The molecule has 0 aromatic rings. The third-order valence-corrected chi connectivity index (χ3v) is 22.0. The Balaban J connectivity index is 0.652. The molecular weight excluding hydrogens is 1040 g/mol. The molecule has 444 valence electrons. The molecule has 12 bridgehead atoms. The first-order chi connectivity index (χ1) is 38.5. The van der Waals surface area contributed by atoms with E-state index in [4.69, 9.17) is 71.1 Å². The van der Waals surface area contributed by atoms with Crippen molar-refractivity contribution in [1.29, 1.82) is 0 Å². The van der Waals surface area contributed by atoms with Crippen LogP contribution in [0.3, 0.4) is 0 Å². The van der Waals surface area contributed by atoms with Crippen LogP contribution in [0.2, 0.25) is 0 Å². The maximum atomic E-state index is 14.6. The molecule has 16 heterocycles. The van der Waals surface area contributed by atoms with Crippen molar-refractivity contribution in [2.75, 3.05) is 6.61 Å². The second kappa shape index (κ2) is 20.6. The van der Waals surface area contributed by atoms with E-state index in [1.165, 1.54) is 0 Å². The summed E-state index contributed by atoms with van der Waals surface area (Å²) < 4.78 is 104. The van der Waals surface area contributed by atoms with Gasteiger partial charge in [0.2, 0.25) is 0 Å². The normalized spacial score (nSPS) is 56.9. The lowest BCUT2D eigenvalue weighted by Gasteiger charge is -2.54. The molecule has 16 saturated heterocycles. The summed E-state index contributed by atoms with van der Waals surface area (Å²) >= 11 is 0. The highest BCUT2D eigenvalue weighted by Gasteiger charge is 2.70. The van der Waals surface area contributed by atoms with Crippen LogP contribution in [0.4, 0.5) is 0 Å². The van der Waals surface area contributed by atoms with E-state index < -0.39 is 66.2 Å². The van der Waals surface area contributed by atoms with E-state index in [0.29, 0.717) is 64.2 Å². The van der Waals surface area contributed by atoms with E-state index in [1.54, 1.807) is 0 Å². The topological polar surface area (TPSA) is 213 Å². The molecule has 0 aromatic heterocycles. The Bertz CT molecular complexity index is 2410. The molecule has 0 amide bonds. The van der Waals surface area contributed by atoms with Gasteiger partial charge in [0.25, 0.3) is 0 Å². The number of carbonyl (C=O) groups excluding carboxylic acids is 2. The van der Waals surface area contributed by atoms with Crippen molar-refractivity contribution in [1.82, 2.24) is 0 Å². The number of aliphatic hydroxyl groups is 2. The van der Waals surface area contributed by atoms with Gasteiger partial charge in [0.05, 0.1) is 116 Å². The summed E-state index contributed by atoms with van der Waals surface area (Å²) in [6.45, 7) is 17.6. The first-order valence-corrected chi connectivity index (χ1v) is 31.2. The molecule has 0 aliphatic carbocycles. The fourth-order valence-corrected chi connectivity index (χ4v) is 18.3. The molecule has 16 fully saturated rings. The Hall–Kier alpha value is -2.02. The molecular formula is C61H86O19. The minimum Gasteiger partial charge on any atom is -0.459 e. The number of esters is 1. The lowest BCUT2D eigenvalue weighted by atomic mass is 9.78.